The van der Waals surface area contributed by atoms with Crippen LogP contribution < -0.4 is 0 Å². The van der Waals surface area contributed by atoms with E-state index in [0.29, 0.717) is 19.0 Å². The van der Waals surface area contributed by atoms with Crippen molar-refractivity contribution in [1.82, 2.24) is 29.5 Å². The first kappa shape index (κ1) is 20.0. The van der Waals surface area contributed by atoms with E-state index in [0.717, 1.165) is 54.4 Å². The fraction of sp³-hybridized carbons (Fsp3) is 0.636. The van der Waals surface area contributed by atoms with Crippen LogP contribution in [0.1, 0.15) is 73.2 Å². The lowest BCUT2D eigenvalue weighted by atomic mass is 10.0. The number of likely N-dealkylation sites (tertiary alicyclic amines) is 1. The van der Waals surface area contributed by atoms with Crippen molar-refractivity contribution in [1.29, 1.82) is 0 Å². The molecule has 29 heavy (non-hydrogen) atoms. The minimum atomic E-state index is 0.0538. The molecule has 0 bridgehead atoms. The zero-order chi connectivity index (χ0) is 20.5. The molecule has 1 amide bonds. The van der Waals surface area contributed by atoms with Gasteiger partial charge in [0.25, 0.3) is 0 Å². The van der Waals surface area contributed by atoms with Crippen LogP contribution in [0.4, 0.5) is 0 Å². The van der Waals surface area contributed by atoms with Crippen molar-refractivity contribution in [3.8, 4) is 0 Å². The highest BCUT2D eigenvalue weighted by Gasteiger charge is 2.27. The van der Waals surface area contributed by atoms with E-state index in [1.807, 2.05) is 29.6 Å². The normalized spacial score (nSPS) is 21.1. The molecular weight excluding hydrogens is 364 g/mol. The Morgan fingerprint density at radius 1 is 1.28 bits per heavy atom. The van der Waals surface area contributed by atoms with E-state index in [9.17, 15) is 4.79 Å². The minimum Gasteiger partial charge on any atom is -0.338 e. The SMILES string of the molecule is Cc1cc(C)n([C@@H](C)CC(=O)N2CCc3nc([C@@H]4CCCCN4C)ncc3C2)n1. The molecule has 0 unspecified atom stereocenters. The van der Waals surface area contributed by atoms with Gasteiger partial charge in [-0.05, 0) is 53.3 Å². The molecule has 1 saturated heterocycles. The summed E-state index contributed by atoms with van der Waals surface area (Å²) in [5, 5.41) is 4.53. The van der Waals surface area contributed by atoms with Crippen LogP contribution in [0.2, 0.25) is 0 Å². The summed E-state index contributed by atoms with van der Waals surface area (Å²) in [6.07, 6.45) is 6.84. The van der Waals surface area contributed by atoms with Crippen LogP contribution in [0.15, 0.2) is 12.3 Å². The van der Waals surface area contributed by atoms with E-state index in [-0.39, 0.29) is 11.9 Å². The highest BCUT2D eigenvalue weighted by atomic mass is 16.2. The van der Waals surface area contributed by atoms with Gasteiger partial charge >= 0.3 is 0 Å². The maximum atomic E-state index is 12.9. The number of aromatic nitrogens is 4. The second-order valence-electron chi connectivity index (χ2n) is 8.68. The second kappa shape index (κ2) is 8.22. The number of amides is 1. The van der Waals surface area contributed by atoms with Gasteiger partial charge in [-0.3, -0.25) is 14.4 Å². The Morgan fingerprint density at radius 3 is 2.83 bits per heavy atom. The predicted octanol–water partition coefficient (Wildman–Crippen LogP) is 2.98. The Hall–Kier alpha value is -2.28. The Balaban J connectivity index is 1.42. The maximum Gasteiger partial charge on any atom is 0.225 e. The average molecular weight is 397 g/mol. The monoisotopic (exact) mass is 396 g/mol. The second-order valence-corrected chi connectivity index (χ2v) is 8.68. The third-order valence-corrected chi connectivity index (χ3v) is 6.31. The summed E-state index contributed by atoms with van der Waals surface area (Å²) in [6.45, 7) is 8.53. The molecule has 2 atom stereocenters. The van der Waals surface area contributed by atoms with E-state index < -0.39 is 0 Å². The molecule has 4 heterocycles. The number of rotatable bonds is 4. The van der Waals surface area contributed by atoms with Crippen molar-refractivity contribution in [2.24, 2.45) is 0 Å². The van der Waals surface area contributed by atoms with Gasteiger partial charge in [-0.2, -0.15) is 5.10 Å². The maximum absolute atomic E-state index is 12.9. The summed E-state index contributed by atoms with van der Waals surface area (Å²) >= 11 is 0. The highest BCUT2D eigenvalue weighted by Crippen LogP contribution is 2.28. The number of fused-ring (bicyclic) bond motifs is 1. The Bertz CT molecular complexity index is 891. The Kier molecular flexibility index (Phi) is 5.67. The number of hydrogen-bond donors (Lipinski definition) is 0. The van der Waals surface area contributed by atoms with E-state index in [4.69, 9.17) is 4.98 Å². The summed E-state index contributed by atoms with van der Waals surface area (Å²) < 4.78 is 1.96. The van der Waals surface area contributed by atoms with Gasteiger partial charge in [0.1, 0.15) is 5.82 Å². The largest absolute Gasteiger partial charge is 0.338 e. The zero-order valence-electron chi connectivity index (χ0n) is 18.1. The van der Waals surface area contributed by atoms with E-state index in [2.05, 4.69) is 35.0 Å². The summed E-state index contributed by atoms with van der Waals surface area (Å²) in [7, 11) is 2.16. The van der Waals surface area contributed by atoms with Crippen LogP contribution in [0.3, 0.4) is 0 Å². The van der Waals surface area contributed by atoms with Crippen LogP contribution in [0, 0.1) is 13.8 Å². The van der Waals surface area contributed by atoms with Crippen LogP contribution in [0.5, 0.6) is 0 Å². The predicted molar refractivity (Wildman–Crippen MR) is 111 cm³/mol. The lowest BCUT2D eigenvalue weighted by Crippen LogP contribution is -2.38. The van der Waals surface area contributed by atoms with Gasteiger partial charge in [0.05, 0.1) is 23.5 Å². The third kappa shape index (κ3) is 4.20. The molecule has 2 aromatic heterocycles. The Morgan fingerprint density at radius 2 is 2.10 bits per heavy atom. The molecule has 2 aliphatic heterocycles. The van der Waals surface area contributed by atoms with Crippen molar-refractivity contribution in [2.75, 3.05) is 20.1 Å². The molecule has 4 rings (SSSR count). The molecule has 0 N–H and O–H groups in total. The van der Waals surface area contributed by atoms with Crippen molar-refractivity contribution in [3.63, 3.8) is 0 Å². The standard InChI is InChI=1S/C22H32N6O/c1-15-11-16(2)28(25-15)17(3)12-21(29)27-10-8-19-18(14-27)13-23-22(24-19)20-7-5-6-9-26(20)4/h11,13,17,20H,5-10,12,14H2,1-4H3/t17-,20-/m0/s1. The lowest BCUT2D eigenvalue weighted by Gasteiger charge is -2.33. The van der Waals surface area contributed by atoms with Crippen LogP contribution in [0.25, 0.3) is 0 Å². The molecule has 7 heteroatoms. The summed E-state index contributed by atoms with van der Waals surface area (Å²) in [5.74, 6) is 1.12. The first-order chi connectivity index (χ1) is 13.9. The topological polar surface area (TPSA) is 67.2 Å². The van der Waals surface area contributed by atoms with Crippen LogP contribution >= 0.6 is 0 Å². The molecule has 2 aliphatic rings. The third-order valence-electron chi connectivity index (χ3n) is 6.31. The van der Waals surface area contributed by atoms with E-state index >= 15 is 0 Å². The van der Waals surface area contributed by atoms with E-state index in [1.54, 1.807) is 0 Å². The van der Waals surface area contributed by atoms with Gasteiger partial charge in [-0.15, -0.1) is 0 Å². The average Bonchev–Trinajstić information content (AvgIpc) is 3.05. The smallest absolute Gasteiger partial charge is 0.225 e. The van der Waals surface area contributed by atoms with Crippen LogP contribution in [-0.2, 0) is 17.8 Å². The number of carbonyl (C=O) groups is 1. The zero-order valence-corrected chi connectivity index (χ0v) is 18.1. The van der Waals surface area contributed by atoms with Gasteiger partial charge < -0.3 is 4.90 Å². The number of nitrogens with zero attached hydrogens (tertiary/aromatic N) is 6. The molecule has 1 fully saturated rings. The van der Waals surface area contributed by atoms with Gasteiger partial charge in [0, 0.05) is 43.4 Å². The lowest BCUT2D eigenvalue weighted by molar-refractivity contribution is -0.133. The molecule has 156 valence electrons. The first-order valence-corrected chi connectivity index (χ1v) is 10.8. The molecule has 0 aliphatic carbocycles. The number of hydrogen-bond acceptors (Lipinski definition) is 5. The summed E-state index contributed by atoms with van der Waals surface area (Å²) in [4.78, 5) is 26.8. The summed E-state index contributed by atoms with van der Waals surface area (Å²) in [6, 6.07) is 2.44. The molecule has 0 saturated carbocycles. The van der Waals surface area contributed by atoms with Crippen LogP contribution in [-0.4, -0.2) is 55.6 Å². The summed E-state index contributed by atoms with van der Waals surface area (Å²) in [5.41, 5.74) is 4.29. The Labute approximate surface area is 173 Å². The fourth-order valence-corrected chi connectivity index (χ4v) is 4.67. The van der Waals surface area contributed by atoms with Crippen molar-refractivity contribution < 1.29 is 4.79 Å². The van der Waals surface area contributed by atoms with Gasteiger partial charge in [0.2, 0.25) is 5.91 Å². The van der Waals surface area contributed by atoms with Crippen molar-refractivity contribution in [2.45, 2.75) is 71.5 Å². The number of aryl methyl sites for hydroxylation is 2. The van der Waals surface area contributed by atoms with E-state index in [1.165, 1.54) is 12.8 Å². The van der Waals surface area contributed by atoms with Gasteiger partial charge in [-0.25, -0.2) is 9.97 Å². The van der Waals surface area contributed by atoms with Gasteiger partial charge in [0.15, 0.2) is 0 Å². The van der Waals surface area contributed by atoms with Gasteiger partial charge in [-0.1, -0.05) is 6.42 Å². The fourth-order valence-electron chi connectivity index (χ4n) is 4.67. The minimum absolute atomic E-state index is 0.0538. The van der Waals surface area contributed by atoms with Crippen molar-refractivity contribution in [3.05, 3.63) is 40.7 Å². The molecule has 0 aromatic carbocycles. The number of piperidine rings is 1. The molecule has 2 aromatic rings. The molecule has 7 nitrogen and oxygen atoms in total. The quantitative estimate of drug-likeness (QED) is 0.795. The molecule has 0 spiro atoms. The van der Waals surface area contributed by atoms with Crippen molar-refractivity contribution >= 4 is 5.91 Å². The molecular formula is C22H32N6O. The number of carbonyl (C=O) groups excluding carboxylic acids is 1. The first-order valence-electron chi connectivity index (χ1n) is 10.8. The molecule has 0 radical (unpaired) electrons. The highest BCUT2D eigenvalue weighted by molar-refractivity contribution is 5.76.